The van der Waals surface area contributed by atoms with Crippen LogP contribution in [-0.2, 0) is 0 Å². The third-order valence-electron chi connectivity index (χ3n) is 10.0. The van der Waals surface area contributed by atoms with Gasteiger partial charge in [-0.05, 0) is 98.4 Å². The number of hydrogen-bond acceptors (Lipinski definition) is 1. The Morgan fingerprint density at radius 2 is 0.760 bits per heavy atom. The van der Waals surface area contributed by atoms with Crippen molar-refractivity contribution in [3.05, 3.63) is 188 Å². The molecule has 0 unspecified atom stereocenters. The highest BCUT2D eigenvalue weighted by molar-refractivity contribution is 6.24. The van der Waals surface area contributed by atoms with Gasteiger partial charge in [0.05, 0.1) is 11.0 Å². The number of hydrogen-bond donors (Lipinski definition) is 0. The molecule has 0 N–H and O–H groups in total. The Hall–Kier alpha value is -6.64. The third-order valence-corrected chi connectivity index (χ3v) is 10.0. The Kier molecular flexibility index (Phi) is 6.53. The van der Waals surface area contributed by atoms with E-state index in [0.29, 0.717) is 0 Å². The van der Waals surface area contributed by atoms with Crippen LogP contribution < -0.4 is 0 Å². The molecule has 0 radical (unpaired) electrons. The van der Waals surface area contributed by atoms with Crippen molar-refractivity contribution in [1.29, 1.82) is 0 Å². The Labute approximate surface area is 289 Å². The molecule has 10 rings (SSSR count). The van der Waals surface area contributed by atoms with Gasteiger partial charge in [-0.2, -0.15) is 0 Å². The number of rotatable bonds is 3. The van der Waals surface area contributed by atoms with E-state index in [2.05, 4.69) is 193 Å². The first-order chi connectivity index (χ1) is 24.8. The lowest BCUT2D eigenvalue weighted by Gasteiger charge is -2.09. The maximum Gasteiger partial charge on any atom is 0.135 e. The quantitative estimate of drug-likeness (QED) is 0.188. The second-order valence-electron chi connectivity index (χ2n) is 12.9. The molecule has 2 aromatic heterocycles. The zero-order chi connectivity index (χ0) is 33.0. The number of fused-ring (bicyclic) bond motifs is 10. The van der Waals surface area contributed by atoms with E-state index in [9.17, 15) is 0 Å². The van der Waals surface area contributed by atoms with Gasteiger partial charge in [-0.25, -0.2) is 0 Å². The van der Waals surface area contributed by atoms with E-state index in [-0.39, 0.29) is 0 Å². The smallest absolute Gasteiger partial charge is 0.135 e. The maximum absolute atomic E-state index is 7.04. The largest absolute Gasteiger partial charge is 0.456 e. The highest BCUT2D eigenvalue weighted by Gasteiger charge is 2.16. The Morgan fingerprint density at radius 1 is 0.280 bits per heavy atom. The highest BCUT2D eigenvalue weighted by Crippen LogP contribution is 2.40. The van der Waals surface area contributed by atoms with Gasteiger partial charge in [0.25, 0.3) is 0 Å². The summed E-state index contributed by atoms with van der Waals surface area (Å²) in [5.41, 5.74) is 9.80. The highest BCUT2D eigenvalue weighted by atomic mass is 16.3. The number of para-hydroxylation sites is 2. The standard InChI is InChI=1S/C48H31NO/c1-4-14-32(15-5-1)34-24-26-47-43(28-34)38-21-11-10-20-37(38)40-30-42-39-22-12-13-23-45(39)49(36-18-8-3-9-19-36)46(42)31-41(40)44-29-35(25-27-48(44)50-47)33-16-6-2-7-17-33/h1-31H. The molecule has 8 aromatic carbocycles. The molecule has 50 heavy (non-hydrogen) atoms. The lowest BCUT2D eigenvalue weighted by Crippen LogP contribution is -1.93. The van der Waals surface area contributed by atoms with Crippen LogP contribution in [0.2, 0.25) is 0 Å². The van der Waals surface area contributed by atoms with Crippen LogP contribution in [0.1, 0.15) is 0 Å². The summed E-state index contributed by atoms with van der Waals surface area (Å²) in [6, 6.07) is 67.4. The normalized spacial score (nSPS) is 11.6. The van der Waals surface area contributed by atoms with E-state index in [1.807, 2.05) is 0 Å². The summed E-state index contributed by atoms with van der Waals surface area (Å²) < 4.78 is 9.43. The Balaban J connectivity index is 1.45. The van der Waals surface area contributed by atoms with Crippen LogP contribution in [0.4, 0.5) is 0 Å². The molecule has 0 aliphatic carbocycles. The summed E-state index contributed by atoms with van der Waals surface area (Å²) >= 11 is 0. The average molecular weight is 638 g/mol. The first kappa shape index (κ1) is 28.4. The van der Waals surface area contributed by atoms with Gasteiger partial charge in [0.2, 0.25) is 0 Å². The lowest BCUT2D eigenvalue weighted by molar-refractivity contribution is 0.663. The second-order valence-corrected chi connectivity index (χ2v) is 12.9. The van der Waals surface area contributed by atoms with Crippen LogP contribution in [0.5, 0.6) is 0 Å². The minimum absolute atomic E-state index is 0.828. The van der Waals surface area contributed by atoms with E-state index in [1.165, 1.54) is 38.2 Å². The second kappa shape index (κ2) is 11.5. The summed E-state index contributed by atoms with van der Waals surface area (Å²) in [5, 5.41) is 9.20. The fourth-order valence-corrected chi connectivity index (χ4v) is 7.67. The fourth-order valence-electron chi connectivity index (χ4n) is 7.67. The van der Waals surface area contributed by atoms with Crippen molar-refractivity contribution >= 4 is 65.3 Å². The molecule has 0 saturated heterocycles. The van der Waals surface area contributed by atoms with E-state index >= 15 is 0 Å². The van der Waals surface area contributed by atoms with Gasteiger partial charge in [-0.3, -0.25) is 0 Å². The minimum atomic E-state index is 0.828. The minimum Gasteiger partial charge on any atom is -0.456 e. The van der Waals surface area contributed by atoms with E-state index in [1.54, 1.807) is 0 Å². The molecule has 2 nitrogen and oxygen atoms in total. The van der Waals surface area contributed by atoms with Crippen LogP contribution in [0.25, 0.3) is 93.2 Å². The van der Waals surface area contributed by atoms with E-state index in [4.69, 9.17) is 4.42 Å². The van der Waals surface area contributed by atoms with Crippen LogP contribution in [-0.4, -0.2) is 4.57 Å². The molecular weight excluding hydrogens is 607 g/mol. The van der Waals surface area contributed by atoms with Crippen molar-refractivity contribution in [1.82, 2.24) is 4.57 Å². The number of aromatic nitrogens is 1. The molecule has 0 fully saturated rings. The predicted molar refractivity (Wildman–Crippen MR) is 212 cm³/mol. The van der Waals surface area contributed by atoms with Gasteiger partial charge in [0.1, 0.15) is 11.2 Å². The molecular formula is C48H31NO. The van der Waals surface area contributed by atoms with E-state index < -0.39 is 0 Å². The van der Waals surface area contributed by atoms with Crippen molar-refractivity contribution < 1.29 is 4.42 Å². The van der Waals surface area contributed by atoms with Crippen LogP contribution in [0.3, 0.4) is 0 Å². The zero-order valence-corrected chi connectivity index (χ0v) is 27.3. The molecule has 0 amide bonds. The predicted octanol–water partition coefficient (Wildman–Crippen LogP) is 13.4. The van der Waals surface area contributed by atoms with Crippen molar-refractivity contribution in [3.63, 3.8) is 0 Å². The van der Waals surface area contributed by atoms with Crippen molar-refractivity contribution in [2.24, 2.45) is 0 Å². The van der Waals surface area contributed by atoms with Crippen molar-refractivity contribution in [2.45, 2.75) is 0 Å². The SMILES string of the molecule is c1ccc(-c2ccc3oc4ccc(-c5ccccc5)cc4c4cc5c(cc4c4ccccc4c3c2)c2ccccc2n5-c2ccccc2)cc1. The zero-order valence-electron chi connectivity index (χ0n) is 27.3. The fraction of sp³-hybridized carbons (Fsp3) is 0. The first-order valence-electron chi connectivity index (χ1n) is 17.1. The molecule has 0 aliphatic heterocycles. The van der Waals surface area contributed by atoms with Crippen LogP contribution in [0, 0.1) is 0 Å². The van der Waals surface area contributed by atoms with Gasteiger partial charge in [-0.1, -0.05) is 133 Å². The van der Waals surface area contributed by atoms with E-state index in [0.717, 1.165) is 55.0 Å². The summed E-state index contributed by atoms with van der Waals surface area (Å²) in [6.45, 7) is 0. The van der Waals surface area contributed by atoms with Gasteiger partial charge in [0, 0.05) is 27.2 Å². The molecule has 0 bridgehead atoms. The maximum atomic E-state index is 7.04. The molecule has 0 atom stereocenters. The summed E-state index contributed by atoms with van der Waals surface area (Å²) in [5.74, 6) is 0. The van der Waals surface area contributed by atoms with Crippen LogP contribution >= 0.6 is 0 Å². The molecule has 0 saturated carbocycles. The van der Waals surface area contributed by atoms with Gasteiger partial charge < -0.3 is 8.98 Å². The third kappa shape index (κ3) is 4.57. The summed E-state index contributed by atoms with van der Waals surface area (Å²) in [6.07, 6.45) is 0. The molecule has 234 valence electrons. The molecule has 2 heteroatoms. The Morgan fingerprint density at radius 3 is 1.38 bits per heavy atom. The molecule has 0 aliphatic rings. The number of nitrogens with zero attached hydrogens (tertiary/aromatic N) is 1. The van der Waals surface area contributed by atoms with Crippen molar-refractivity contribution in [2.75, 3.05) is 0 Å². The van der Waals surface area contributed by atoms with Crippen LogP contribution in [0.15, 0.2) is 192 Å². The number of benzene rings is 8. The van der Waals surface area contributed by atoms with Gasteiger partial charge in [0.15, 0.2) is 0 Å². The summed E-state index contributed by atoms with van der Waals surface area (Å²) in [7, 11) is 0. The lowest BCUT2D eigenvalue weighted by atomic mass is 9.97. The van der Waals surface area contributed by atoms with Gasteiger partial charge in [-0.15, -0.1) is 0 Å². The topological polar surface area (TPSA) is 18.1 Å². The molecule has 2 heterocycles. The molecule has 10 aromatic rings. The van der Waals surface area contributed by atoms with Gasteiger partial charge >= 0.3 is 0 Å². The first-order valence-corrected chi connectivity index (χ1v) is 17.1. The summed E-state index contributed by atoms with van der Waals surface area (Å²) in [4.78, 5) is 0. The van der Waals surface area contributed by atoms with Crippen molar-refractivity contribution in [3.8, 4) is 27.9 Å². The Bertz CT molecular complexity index is 2950. The average Bonchev–Trinajstić information content (AvgIpc) is 3.53. The molecule has 0 spiro atoms. The monoisotopic (exact) mass is 637 g/mol.